The Balaban J connectivity index is 1.43. The van der Waals surface area contributed by atoms with Crippen LogP contribution in [0.2, 0.25) is 0 Å². The van der Waals surface area contributed by atoms with Gasteiger partial charge in [-0.2, -0.15) is 5.10 Å². The topological polar surface area (TPSA) is 75.6 Å². The highest BCUT2D eigenvalue weighted by atomic mass is 16.2. The van der Waals surface area contributed by atoms with Crippen molar-refractivity contribution in [3.63, 3.8) is 0 Å². The van der Waals surface area contributed by atoms with E-state index in [1.165, 1.54) is 0 Å². The van der Waals surface area contributed by atoms with Crippen LogP contribution < -0.4 is 5.43 Å². The zero-order valence-corrected chi connectivity index (χ0v) is 14.3. The molecule has 0 unspecified atom stereocenters. The van der Waals surface area contributed by atoms with E-state index in [0.29, 0.717) is 16.8 Å². The lowest BCUT2D eigenvalue weighted by Crippen LogP contribution is -2.28. The molecule has 2 atom stereocenters. The average molecular weight is 346 g/mol. The Morgan fingerprint density at radius 3 is 2.15 bits per heavy atom. The van der Waals surface area contributed by atoms with Crippen molar-refractivity contribution in [2.45, 2.75) is 19.3 Å². The van der Waals surface area contributed by atoms with E-state index in [1.807, 2.05) is 30.3 Å². The highest BCUT2D eigenvalue weighted by Crippen LogP contribution is 2.47. The fourth-order valence-electron chi connectivity index (χ4n) is 3.57. The summed E-state index contributed by atoms with van der Waals surface area (Å²) in [5.41, 5.74) is 4.85. The van der Waals surface area contributed by atoms with Gasteiger partial charge in [-0.3, -0.25) is 14.4 Å². The number of hydrogen-bond acceptors (Lipinski definition) is 4. The van der Waals surface area contributed by atoms with Gasteiger partial charge in [0, 0.05) is 17.0 Å². The third kappa shape index (κ3) is 2.75. The highest BCUT2D eigenvalue weighted by Gasteiger charge is 2.44. The number of benzene rings is 2. The molecule has 2 aliphatic rings. The monoisotopic (exact) mass is 346 g/mol. The Kier molecular flexibility index (Phi) is 3.99. The van der Waals surface area contributed by atoms with Crippen LogP contribution in [0.15, 0.2) is 59.7 Å². The van der Waals surface area contributed by atoms with Gasteiger partial charge < -0.3 is 0 Å². The zero-order valence-electron chi connectivity index (χ0n) is 14.3. The summed E-state index contributed by atoms with van der Waals surface area (Å²) < 4.78 is 0. The number of amides is 1. The number of Topliss-reactive ketones (excluding diaryl/α,β-unsaturated/α-hetero) is 2. The molecule has 130 valence electrons. The summed E-state index contributed by atoms with van der Waals surface area (Å²) in [6.45, 7) is 1.61. The molecule has 0 heterocycles. The number of fused-ring (bicyclic) bond motifs is 1. The fourth-order valence-corrected chi connectivity index (χ4v) is 3.57. The average Bonchev–Trinajstić information content (AvgIpc) is 3.43. The second kappa shape index (κ2) is 6.33. The van der Waals surface area contributed by atoms with E-state index < -0.39 is 5.92 Å². The largest absolute Gasteiger partial charge is 0.293 e. The third-order valence-corrected chi connectivity index (χ3v) is 5.10. The van der Waals surface area contributed by atoms with Crippen molar-refractivity contribution in [1.82, 2.24) is 5.43 Å². The molecule has 2 aromatic carbocycles. The first-order chi connectivity index (χ1) is 12.6. The Hall–Kier alpha value is -3.08. The maximum atomic E-state index is 12.5. The fraction of sp³-hybridized carbons (Fsp3) is 0.238. The van der Waals surface area contributed by atoms with Crippen LogP contribution in [0.25, 0.3) is 0 Å². The molecule has 0 spiro atoms. The quantitative estimate of drug-likeness (QED) is 0.525. The normalized spacial score (nSPS) is 22.3. The van der Waals surface area contributed by atoms with Gasteiger partial charge in [0.05, 0.1) is 5.71 Å². The molecule has 1 amide bonds. The summed E-state index contributed by atoms with van der Waals surface area (Å²) in [5.74, 6) is -1.51. The van der Waals surface area contributed by atoms with Gasteiger partial charge in [0.25, 0.3) is 0 Å². The Bertz CT molecular complexity index is 898. The number of hydrogen-bond donors (Lipinski definition) is 1. The van der Waals surface area contributed by atoms with Crippen molar-refractivity contribution >= 4 is 23.2 Å². The van der Waals surface area contributed by atoms with Crippen LogP contribution >= 0.6 is 0 Å². The maximum absolute atomic E-state index is 12.5. The van der Waals surface area contributed by atoms with E-state index >= 15 is 0 Å². The highest BCUT2D eigenvalue weighted by molar-refractivity contribution is 6.36. The van der Waals surface area contributed by atoms with E-state index in [1.54, 1.807) is 31.2 Å². The van der Waals surface area contributed by atoms with E-state index in [2.05, 4.69) is 10.5 Å². The Labute approximate surface area is 151 Å². The van der Waals surface area contributed by atoms with Crippen molar-refractivity contribution in [2.24, 2.45) is 16.9 Å². The molecule has 4 rings (SSSR count). The summed E-state index contributed by atoms with van der Waals surface area (Å²) in [6, 6.07) is 16.7. The summed E-state index contributed by atoms with van der Waals surface area (Å²) in [4.78, 5) is 37.2. The number of nitrogens with one attached hydrogen (secondary N) is 1. The van der Waals surface area contributed by atoms with Gasteiger partial charge in [-0.05, 0) is 24.8 Å². The maximum Gasteiger partial charge on any atom is 0.243 e. The zero-order chi connectivity index (χ0) is 18.3. The molecule has 0 aromatic heterocycles. The van der Waals surface area contributed by atoms with Crippen LogP contribution in [0.5, 0.6) is 0 Å². The second-order valence-electron chi connectivity index (χ2n) is 6.80. The van der Waals surface area contributed by atoms with E-state index in [0.717, 1.165) is 12.0 Å². The minimum absolute atomic E-state index is 0.110. The minimum Gasteiger partial charge on any atom is -0.293 e. The molecule has 2 aromatic rings. The number of hydrazone groups is 1. The van der Waals surface area contributed by atoms with Crippen LogP contribution in [-0.2, 0) is 4.79 Å². The smallest absolute Gasteiger partial charge is 0.243 e. The van der Waals surface area contributed by atoms with Crippen LogP contribution in [-0.4, -0.2) is 23.2 Å². The summed E-state index contributed by atoms with van der Waals surface area (Å²) in [5, 5.41) is 4.05. The van der Waals surface area contributed by atoms with Crippen LogP contribution in [0, 0.1) is 11.8 Å². The first kappa shape index (κ1) is 16.4. The molecule has 1 N–H and O–H groups in total. The molecule has 0 saturated heterocycles. The summed E-state index contributed by atoms with van der Waals surface area (Å²) in [6.07, 6.45) is 0.789. The molecule has 5 nitrogen and oxygen atoms in total. The number of carbonyl (C=O) groups is 3. The van der Waals surface area contributed by atoms with E-state index in [-0.39, 0.29) is 29.3 Å². The molecule has 2 aliphatic carbocycles. The van der Waals surface area contributed by atoms with Gasteiger partial charge in [-0.15, -0.1) is 0 Å². The molecule has 1 saturated carbocycles. The van der Waals surface area contributed by atoms with Gasteiger partial charge in [-0.25, -0.2) is 5.43 Å². The number of carbonyl (C=O) groups excluding carboxylic acids is 3. The molecule has 5 heteroatoms. The molecule has 0 radical (unpaired) electrons. The number of ketones is 2. The van der Waals surface area contributed by atoms with Crippen LogP contribution in [0.1, 0.15) is 45.5 Å². The Morgan fingerprint density at radius 1 is 0.962 bits per heavy atom. The summed E-state index contributed by atoms with van der Waals surface area (Å²) >= 11 is 0. The Morgan fingerprint density at radius 2 is 1.54 bits per heavy atom. The first-order valence-electron chi connectivity index (χ1n) is 8.64. The number of rotatable bonds is 4. The van der Waals surface area contributed by atoms with Gasteiger partial charge in [0.1, 0.15) is 5.92 Å². The van der Waals surface area contributed by atoms with Crippen molar-refractivity contribution < 1.29 is 14.4 Å². The molecule has 1 fully saturated rings. The lowest BCUT2D eigenvalue weighted by molar-refractivity contribution is -0.122. The molecule has 0 aliphatic heterocycles. The third-order valence-electron chi connectivity index (χ3n) is 5.10. The lowest BCUT2D eigenvalue weighted by atomic mass is 9.99. The van der Waals surface area contributed by atoms with Crippen molar-refractivity contribution in [3.8, 4) is 0 Å². The standard InChI is InChI=1S/C21H18N2O3/c1-12(18-19(24)14-9-5-6-10-15(14)20(18)25)22-23-21(26)17-11-16(17)13-7-3-2-4-8-13/h2-10,16-18H,11H2,1H3,(H,23,26)/t16-,17-/m1/s1. The van der Waals surface area contributed by atoms with Gasteiger partial charge >= 0.3 is 0 Å². The van der Waals surface area contributed by atoms with Gasteiger partial charge in [0.15, 0.2) is 11.6 Å². The van der Waals surface area contributed by atoms with Crippen LogP contribution in [0.3, 0.4) is 0 Å². The number of nitrogens with zero attached hydrogens (tertiary/aromatic N) is 1. The lowest BCUT2D eigenvalue weighted by Gasteiger charge is -2.07. The second-order valence-corrected chi connectivity index (χ2v) is 6.80. The molecule has 0 bridgehead atoms. The minimum atomic E-state index is -0.933. The molecular formula is C21H18N2O3. The van der Waals surface area contributed by atoms with Crippen molar-refractivity contribution in [1.29, 1.82) is 0 Å². The molecular weight excluding hydrogens is 328 g/mol. The predicted octanol–water partition coefficient (Wildman–Crippen LogP) is 2.98. The van der Waals surface area contributed by atoms with E-state index in [4.69, 9.17) is 0 Å². The molecule has 26 heavy (non-hydrogen) atoms. The van der Waals surface area contributed by atoms with Crippen molar-refractivity contribution in [3.05, 3.63) is 71.3 Å². The van der Waals surface area contributed by atoms with Crippen molar-refractivity contribution in [2.75, 3.05) is 0 Å². The van der Waals surface area contributed by atoms with E-state index in [9.17, 15) is 14.4 Å². The van der Waals surface area contributed by atoms with Gasteiger partial charge in [-0.1, -0.05) is 54.6 Å². The SMILES string of the molecule is CC(=NNC(=O)[C@@H]1C[C@@H]1c1ccccc1)C1C(=O)c2ccccc2C1=O. The first-order valence-corrected chi connectivity index (χ1v) is 8.64. The van der Waals surface area contributed by atoms with Gasteiger partial charge in [0.2, 0.25) is 5.91 Å². The summed E-state index contributed by atoms with van der Waals surface area (Å²) in [7, 11) is 0. The predicted molar refractivity (Wildman–Crippen MR) is 97.1 cm³/mol. The van der Waals surface area contributed by atoms with Crippen LogP contribution in [0.4, 0.5) is 0 Å².